The summed E-state index contributed by atoms with van der Waals surface area (Å²) in [5.41, 5.74) is -1.61. The van der Waals surface area contributed by atoms with Gasteiger partial charge in [-0.05, 0) is 52.5 Å². The molecular weight excluding hydrogens is 234 g/mol. The highest BCUT2D eigenvalue weighted by Crippen LogP contribution is 2.42. The van der Waals surface area contributed by atoms with Crippen LogP contribution in [0.3, 0.4) is 0 Å². The average molecular weight is 255 g/mol. The van der Waals surface area contributed by atoms with Gasteiger partial charge in [-0.1, -0.05) is 0 Å². The Morgan fingerprint density at radius 1 is 1.39 bits per heavy atom. The summed E-state index contributed by atoms with van der Waals surface area (Å²) >= 11 is 0. The lowest BCUT2D eigenvalue weighted by Gasteiger charge is -2.49. The summed E-state index contributed by atoms with van der Waals surface area (Å²) < 4.78 is 5.41. The highest BCUT2D eigenvalue weighted by Gasteiger charge is 2.57. The maximum atomic E-state index is 12.4. The number of esters is 1. The number of carboxylic acids is 1. The maximum Gasteiger partial charge on any atom is 0.327 e. The summed E-state index contributed by atoms with van der Waals surface area (Å²) in [4.78, 5) is 23.7. The third-order valence-electron chi connectivity index (χ3n) is 3.88. The zero-order valence-corrected chi connectivity index (χ0v) is 11.2. The van der Waals surface area contributed by atoms with E-state index in [1.807, 2.05) is 0 Å². The van der Waals surface area contributed by atoms with E-state index in [-0.39, 0.29) is 0 Å². The van der Waals surface area contributed by atoms with Crippen molar-refractivity contribution in [3.63, 3.8) is 0 Å². The van der Waals surface area contributed by atoms with Gasteiger partial charge in [-0.25, -0.2) is 0 Å². The second kappa shape index (κ2) is 4.23. The number of hydrogen-bond donors (Lipinski definition) is 2. The molecule has 18 heavy (non-hydrogen) atoms. The second-order valence-electron chi connectivity index (χ2n) is 6.39. The zero-order chi connectivity index (χ0) is 13.6. The van der Waals surface area contributed by atoms with Crippen LogP contribution in [0.15, 0.2) is 0 Å². The van der Waals surface area contributed by atoms with E-state index in [1.54, 1.807) is 20.8 Å². The minimum atomic E-state index is -1.02. The highest BCUT2D eigenvalue weighted by atomic mass is 16.6. The Labute approximate surface area is 107 Å². The van der Waals surface area contributed by atoms with Gasteiger partial charge < -0.3 is 15.2 Å². The quantitative estimate of drug-likeness (QED) is 0.724. The minimum absolute atomic E-state index is 0.371. The molecule has 5 heteroatoms. The van der Waals surface area contributed by atoms with E-state index < -0.39 is 29.0 Å². The number of fused-ring (bicyclic) bond motifs is 3. The molecule has 3 atom stereocenters. The molecule has 3 fully saturated rings. The lowest BCUT2D eigenvalue weighted by molar-refractivity contribution is -0.177. The van der Waals surface area contributed by atoms with Crippen LogP contribution in [0.4, 0.5) is 0 Å². The van der Waals surface area contributed by atoms with Gasteiger partial charge in [0.25, 0.3) is 0 Å². The molecule has 0 amide bonds. The molecular formula is C13H21NO4. The number of piperidine rings is 2. The summed E-state index contributed by atoms with van der Waals surface area (Å²) in [6, 6.07) is 0. The fourth-order valence-corrected chi connectivity index (χ4v) is 2.98. The van der Waals surface area contributed by atoms with E-state index in [1.165, 1.54) is 0 Å². The monoisotopic (exact) mass is 255 g/mol. The van der Waals surface area contributed by atoms with Gasteiger partial charge in [0.15, 0.2) is 0 Å². The number of hydrogen-bond acceptors (Lipinski definition) is 4. The first-order valence-corrected chi connectivity index (χ1v) is 6.46. The van der Waals surface area contributed by atoms with Crippen molar-refractivity contribution in [2.24, 2.45) is 11.8 Å². The molecule has 2 bridgehead atoms. The molecule has 2 aliphatic heterocycles. The van der Waals surface area contributed by atoms with E-state index in [0.29, 0.717) is 25.3 Å². The molecule has 2 saturated heterocycles. The minimum Gasteiger partial charge on any atom is -0.481 e. The van der Waals surface area contributed by atoms with Crippen molar-refractivity contribution in [1.29, 1.82) is 0 Å². The average Bonchev–Trinajstić information content (AvgIpc) is 2.28. The Balaban J connectivity index is 2.24. The van der Waals surface area contributed by atoms with E-state index in [9.17, 15) is 14.7 Å². The van der Waals surface area contributed by atoms with Crippen LogP contribution in [-0.2, 0) is 14.3 Å². The van der Waals surface area contributed by atoms with E-state index >= 15 is 0 Å². The Bertz CT molecular complexity index is 364. The molecule has 2 heterocycles. The molecule has 102 valence electrons. The van der Waals surface area contributed by atoms with Crippen LogP contribution in [0.25, 0.3) is 0 Å². The van der Waals surface area contributed by atoms with Gasteiger partial charge in [0.1, 0.15) is 11.1 Å². The fourth-order valence-electron chi connectivity index (χ4n) is 2.98. The van der Waals surface area contributed by atoms with Crippen LogP contribution >= 0.6 is 0 Å². The largest absolute Gasteiger partial charge is 0.481 e. The topological polar surface area (TPSA) is 75.6 Å². The summed E-state index contributed by atoms with van der Waals surface area (Å²) in [7, 11) is 0. The van der Waals surface area contributed by atoms with Crippen LogP contribution < -0.4 is 5.32 Å². The standard InChI is InChI=1S/C13H21NO4/c1-12(2,3)18-11(17)13-5-4-8(7-14-13)6-9(13)10(15)16/h8-9,14H,4-7H2,1-3H3,(H,15,16). The van der Waals surface area contributed by atoms with Crippen molar-refractivity contribution < 1.29 is 19.4 Å². The summed E-state index contributed by atoms with van der Waals surface area (Å²) in [5.74, 6) is -1.62. The lowest BCUT2D eigenvalue weighted by Crippen LogP contribution is -2.68. The molecule has 0 aromatic carbocycles. The Morgan fingerprint density at radius 3 is 2.50 bits per heavy atom. The third-order valence-corrected chi connectivity index (χ3v) is 3.88. The third kappa shape index (κ3) is 2.23. The normalized spacial score (nSPS) is 35.3. The van der Waals surface area contributed by atoms with Crippen LogP contribution in [0.1, 0.15) is 40.0 Å². The number of carbonyl (C=O) groups excluding carboxylic acids is 1. The van der Waals surface area contributed by atoms with Crippen molar-refractivity contribution in [2.45, 2.75) is 51.2 Å². The van der Waals surface area contributed by atoms with Crippen molar-refractivity contribution >= 4 is 11.9 Å². The highest BCUT2D eigenvalue weighted by molar-refractivity contribution is 5.89. The van der Waals surface area contributed by atoms with Gasteiger partial charge in [-0.15, -0.1) is 0 Å². The Hall–Kier alpha value is -1.10. The predicted octanol–water partition coefficient (Wildman–Crippen LogP) is 1.17. The number of aliphatic carboxylic acids is 1. The molecule has 0 radical (unpaired) electrons. The maximum absolute atomic E-state index is 12.4. The summed E-state index contributed by atoms with van der Waals surface area (Å²) in [6.07, 6.45) is 2.03. The van der Waals surface area contributed by atoms with Gasteiger partial charge in [-0.2, -0.15) is 0 Å². The summed E-state index contributed by atoms with van der Waals surface area (Å²) in [6.45, 7) is 6.10. The van der Waals surface area contributed by atoms with Crippen molar-refractivity contribution in [3.8, 4) is 0 Å². The number of rotatable bonds is 2. The van der Waals surface area contributed by atoms with Gasteiger partial charge >= 0.3 is 11.9 Å². The molecule has 2 N–H and O–H groups in total. The Kier molecular flexibility index (Phi) is 3.13. The molecule has 3 unspecified atom stereocenters. The molecule has 3 aliphatic rings. The molecule has 3 rings (SSSR count). The van der Waals surface area contributed by atoms with Crippen molar-refractivity contribution in [3.05, 3.63) is 0 Å². The number of ether oxygens (including phenoxy) is 1. The molecule has 1 aliphatic carbocycles. The fraction of sp³-hybridized carbons (Fsp3) is 0.846. The van der Waals surface area contributed by atoms with Crippen LogP contribution in [-0.4, -0.2) is 34.7 Å². The smallest absolute Gasteiger partial charge is 0.327 e. The molecule has 5 nitrogen and oxygen atoms in total. The van der Waals surface area contributed by atoms with Gasteiger partial charge in [0, 0.05) is 0 Å². The van der Waals surface area contributed by atoms with Crippen molar-refractivity contribution in [1.82, 2.24) is 5.32 Å². The molecule has 0 spiro atoms. The van der Waals surface area contributed by atoms with E-state index in [2.05, 4.69) is 5.32 Å². The SMILES string of the molecule is CC(C)(C)OC(=O)C12CCC(CN1)CC2C(=O)O. The number of carbonyl (C=O) groups is 2. The zero-order valence-electron chi connectivity index (χ0n) is 11.2. The number of nitrogens with one attached hydrogen (secondary N) is 1. The first-order chi connectivity index (χ1) is 8.24. The van der Waals surface area contributed by atoms with Gasteiger partial charge in [-0.3, -0.25) is 9.59 Å². The molecule has 0 aromatic rings. The first kappa shape index (κ1) is 13.3. The molecule has 0 aromatic heterocycles. The summed E-state index contributed by atoms with van der Waals surface area (Å²) in [5, 5.41) is 12.5. The van der Waals surface area contributed by atoms with E-state index in [0.717, 1.165) is 6.42 Å². The van der Waals surface area contributed by atoms with Crippen LogP contribution in [0.5, 0.6) is 0 Å². The van der Waals surface area contributed by atoms with Gasteiger partial charge in [0.2, 0.25) is 0 Å². The second-order valence-corrected chi connectivity index (χ2v) is 6.39. The van der Waals surface area contributed by atoms with Crippen LogP contribution in [0.2, 0.25) is 0 Å². The molecule has 1 saturated carbocycles. The van der Waals surface area contributed by atoms with E-state index in [4.69, 9.17) is 4.74 Å². The van der Waals surface area contributed by atoms with Crippen LogP contribution in [0, 0.1) is 11.8 Å². The van der Waals surface area contributed by atoms with Crippen molar-refractivity contribution in [2.75, 3.05) is 6.54 Å². The Morgan fingerprint density at radius 2 is 2.06 bits per heavy atom. The predicted molar refractivity (Wildman–Crippen MR) is 65.0 cm³/mol. The lowest BCUT2D eigenvalue weighted by atomic mass is 9.65. The first-order valence-electron chi connectivity index (χ1n) is 6.46. The number of carboxylic acid groups (broad SMARTS) is 1. The van der Waals surface area contributed by atoms with Gasteiger partial charge in [0.05, 0.1) is 5.92 Å².